The number of amides is 2. The number of carbonyl (C=O) groups is 1. The van der Waals surface area contributed by atoms with Crippen LogP contribution in [0.5, 0.6) is 0 Å². The van der Waals surface area contributed by atoms with E-state index >= 15 is 0 Å². The highest BCUT2D eigenvalue weighted by Crippen LogP contribution is 2.13. The van der Waals surface area contributed by atoms with Crippen molar-refractivity contribution in [2.24, 2.45) is 0 Å². The van der Waals surface area contributed by atoms with Gasteiger partial charge < -0.3 is 20.5 Å². The van der Waals surface area contributed by atoms with Crippen LogP contribution in [0.25, 0.3) is 0 Å². The zero-order valence-electron chi connectivity index (χ0n) is 11.1. The maximum atomic E-state index is 11.6. The molecule has 1 aliphatic heterocycles. The van der Waals surface area contributed by atoms with Crippen LogP contribution < -0.4 is 10.6 Å². The number of aliphatic hydroxyl groups is 1. The van der Waals surface area contributed by atoms with Crippen LogP contribution in [0, 0.1) is 6.92 Å². The average Bonchev–Trinajstić information content (AvgIpc) is 2.88. The van der Waals surface area contributed by atoms with Crippen LogP contribution in [-0.4, -0.2) is 36.9 Å². The van der Waals surface area contributed by atoms with Crippen molar-refractivity contribution in [1.82, 2.24) is 10.6 Å². The number of hydrogen-bond acceptors (Lipinski definition) is 3. The van der Waals surface area contributed by atoms with E-state index in [1.807, 2.05) is 31.2 Å². The summed E-state index contributed by atoms with van der Waals surface area (Å²) in [6.45, 7) is 3.42. The summed E-state index contributed by atoms with van der Waals surface area (Å²) in [4.78, 5) is 11.6. The standard InChI is InChI=1S/C14H20N2O3/c1-10-3-2-4-11(7-10)13(17)8-15-14(18)16-12-5-6-19-9-12/h2-4,7,12-13,17H,5-6,8-9H2,1H3,(H2,15,16,18). The predicted octanol–water partition coefficient (Wildman–Crippen LogP) is 1.12. The Labute approximate surface area is 113 Å². The first-order valence-electron chi connectivity index (χ1n) is 6.52. The van der Waals surface area contributed by atoms with Gasteiger partial charge in [-0.3, -0.25) is 0 Å². The number of nitrogens with one attached hydrogen (secondary N) is 2. The number of rotatable bonds is 4. The molecule has 0 saturated carbocycles. The molecule has 0 aromatic heterocycles. The summed E-state index contributed by atoms with van der Waals surface area (Å²) in [6.07, 6.45) is 0.152. The van der Waals surface area contributed by atoms with Crippen molar-refractivity contribution in [3.63, 3.8) is 0 Å². The minimum Gasteiger partial charge on any atom is -0.387 e. The molecule has 2 rings (SSSR count). The lowest BCUT2D eigenvalue weighted by Gasteiger charge is -2.15. The summed E-state index contributed by atoms with van der Waals surface area (Å²) >= 11 is 0. The maximum Gasteiger partial charge on any atom is 0.315 e. The number of ether oxygens (including phenoxy) is 1. The number of aryl methyl sites for hydroxylation is 1. The Morgan fingerprint density at radius 3 is 3.11 bits per heavy atom. The second kappa shape index (κ2) is 6.54. The van der Waals surface area contributed by atoms with Crippen molar-refractivity contribution in [2.45, 2.75) is 25.5 Å². The maximum absolute atomic E-state index is 11.6. The van der Waals surface area contributed by atoms with Crippen LogP contribution in [0.1, 0.15) is 23.7 Å². The van der Waals surface area contributed by atoms with Gasteiger partial charge in [-0.2, -0.15) is 0 Å². The molecule has 2 atom stereocenters. The molecule has 5 nitrogen and oxygen atoms in total. The minimum absolute atomic E-state index is 0.0797. The Hall–Kier alpha value is -1.59. The molecule has 1 aromatic carbocycles. The van der Waals surface area contributed by atoms with E-state index in [2.05, 4.69) is 10.6 Å². The van der Waals surface area contributed by atoms with Crippen LogP contribution in [0.3, 0.4) is 0 Å². The zero-order chi connectivity index (χ0) is 13.7. The van der Waals surface area contributed by atoms with Gasteiger partial charge in [0.1, 0.15) is 0 Å². The molecule has 19 heavy (non-hydrogen) atoms. The smallest absolute Gasteiger partial charge is 0.315 e. The minimum atomic E-state index is -0.689. The summed E-state index contributed by atoms with van der Waals surface area (Å²) in [5.74, 6) is 0. The molecule has 5 heteroatoms. The first kappa shape index (κ1) is 13.8. The van der Waals surface area contributed by atoms with E-state index in [1.54, 1.807) is 0 Å². The molecular formula is C14H20N2O3. The molecule has 0 radical (unpaired) electrons. The van der Waals surface area contributed by atoms with Gasteiger partial charge in [0, 0.05) is 13.2 Å². The Kier molecular flexibility index (Phi) is 4.76. The Bertz CT molecular complexity index is 430. The quantitative estimate of drug-likeness (QED) is 0.763. The molecule has 1 aromatic rings. The van der Waals surface area contributed by atoms with E-state index in [1.165, 1.54) is 0 Å². The zero-order valence-corrected chi connectivity index (χ0v) is 11.1. The third-order valence-corrected chi connectivity index (χ3v) is 3.15. The molecule has 3 N–H and O–H groups in total. The summed E-state index contributed by atoms with van der Waals surface area (Å²) in [7, 11) is 0. The second-order valence-corrected chi connectivity index (χ2v) is 4.84. The van der Waals surface area contributed by atoms with Gasteiger partial charge in [-0.25, -0.2) is 4.79 Å². The van der Waals surface area contributed by atoms with E-state index in [-0.39, 0.29) is 18.6 Å². The lowest BCUT2D eigenvalue weighted by molar-refractivity contribution is 0.170. The molecule has 0 aliphatic carbocycles. The molecule has 2 unspecified atom stereocenters. The van der Waals surface area contributed by atoms with Crippen molar-refractivity contribution < 1.29 is 14.6 Å². The number of aliphatic hydroxyl groups excluding tert-OH is 1. The van der Waals surface area contributed by atoms with E-state index < -0.39 is 6.10 Å². The number of urea groups is 1. The second-order valence-electron chi connectivity index (χ2n) is 4.84. The molecule has 0 spiro atoms. The van der Waals surface area contributed by atoms with Gasteiger partial charge >= 0.3 is 6.03 Å². The average molecular weight is 264 g/mol. The van der Waals surface area contributed by atoms with Crippen molar-refractivity contribution in [2.75, 3.05) is 19.8 Å². The monoisotopic (exact) mass is 264 g/mol. The van der Waals surface area contributed by atoms with Crippen molar-refractivity contribution in [1.29, 1.82) is 0 Å². The number of hydrogen-bond donors (Lipinski definition) is 3. The van der Waals surface area contributed by atoms with E-state index in [4.69, 9.17) is 4.74 Å². The van der Waals surface area contributed by atoms with Crippen LogP contribution in [-0.2, 0) is 4.74 Å². The van der Waals surface area contributed by atoms with E-state index in [0.717, 1.165) is 17.5 Å². The van der Waals surface area contributed by atoms with Gasteiger partial charge in [0.15, 0.2) is 0 Å². The largest absolute Gasteiger partial charge is 0.387 e. The van der Waals surface area contributed by atoms with Crippen molar-refractivity contribution in [3.05, 3.63) is 35.4 Å². The summed E-state index contributed by atoms with van der Waals surface area (Å²) in [5.41, 5.74) is 1.90. The molecule has 1 saturated heterocycles. The highest BCUT2D eigenvalue weighted by Gasteiger charge is 2.18. The fourth-order valence-corrected chi connectivity index (χ4v) is 2.07. The highest BCUT2D eigenvalue weighted by molar-refractivity contribution is 5.74. The van der Waals surface area contributed by atoms with Gasteiger partial charge in [0.2, 0.25) is 0 Å². The van der Waals surface area contributed by atoms with Gasteiger partial charge in [-0.05, 0) is 18.9 Å². The molecule has 0 bridgehead atoms. The van der Waals surface area contributed by atoms with Gasteiger partial charge in [0.05, 0.1) is 18.8 Å². The molecular weight excluding hydrogens is 244 g/mol. The predicted molar refractivity (Wildman–Crippen MR) is 71.9 cm³/mol. The first-order chi connectivity index (χ1) is 9.15. The third-order valence-electron chi connectivity index (χ3n) is 3.15. The molecule has 1 fully saturated rings. The topological polar surface area (TPSA) is 70.6 Å². The van der Waals surface area contributed by atoms with Crippen LogP contribution >= 0.6 is 0 Å². The molecule has 1 heterocycles. The fourth-order valence-electron chi connectivity index (χ4n) is 2.07. The Balaban J connectivity index is 1.76. The van der Waals surface area contributed by atoms with Gasteiger partial charge in [-0.1, -0.05) is 29.8 Å². The van der Waals surface area contributed by atoms with Gasteiger partial charge in [0.25, 0.3) is 0 Å². The van der Waals surface area contributed by atoms with E-state index in [0.29, 0.717) is 13.2 Å². The van der Waals surface area contributed by atoms with E-state index in [9.17, 15) is 9.90 Å². The fraction of sp³-hybridized carbons (Fsp3) is 0.500. The van der Waals surface area contributed by atoms with Crippen LogP contribution in [0.15, 0.2) is 24.3 Å². The molecule has 2 amide bonds. The normalized spacial score (nSPS) is 20.0. The number of carbonyl (C=O) groups excluding carboxylic acids is 1. The summed E-state index contributed by atoms with van der Waals surface area (Å²) in [6, 6.07) is 7.44. The highest BCUT2D eigenvalue weighted by atomic mass is 16.5. The van der Waals surface area contributed by atoms with Crippen LogP contribution in [0.2, 0.25) is 0 Å². The van der Waals surface area contributed by atoms with Crippen LogP contribution in [0.4, 0.5) is 4.79 Å². The summed E-state index contributed by atoms with van der Waals surface area (Å²) in [5, 5.41) is 15.5. The summed E-state index contributed by atoms with van der Waals surface area (Å²) < 4.78 is 5.17. The number of benzene rings is 1. The first-order valence-corrected chi connectivity index (χ1v) is 6.52. The Morgan fingerprint density at radius 2 is 2.42 bits per heavy atom. The SMILES string of the molecule is Cc1cccc(C(O)CNC(=O)NC2CCOC2)c1. The molecule has 1 aliphatic rings. The lowest BCUT2D eigenvalue weighted by Crippen LogP contribution is -2.43. The molecule has 104 valence electrons. The lowest BCUT2D eigenvalue weighted by atomic mass is 10.1. The van der Waals surface area contributed by atoms with Crippen molar-refractivity contribution in [3.8, 4) is 0 Å². The van der Waals surface area contributed by atoms with Crippen molar-refractivity contribution >= 4 is 6.03 Å². The third kappa shape index (κ3) is 4.22. The van der Waals surface area contributed by atoms with Gasteiger partial charge in [-0.15, -0.1) is 0 Å². The Morgan fingerprint density at radius 1 is 1.58 bits per heavy atom.